The van der Waals surface area contributed by atoms with E-state index in [0.717, 1.165) is 13.1 Å². The van der Waals surface area contributed by atoms with Crippen LogP contribution in [0.3, 0.4) is 0 Å². The molecule has 1 aromatic rings. The monoisotopic (exact) mass is 383 g/mol. The van der Waals surface area contributed by atoms with Crippen LogP contribution in [0.25, 0.3) is 0 Å². The van der Waals surface area contributed by atoms with Crippen molar-refractivity contribution in [3.63, 3.8) is 0 Å². The number of fused-ring (bicyclic) bond motifs is 1. The zero-order valence-corrected chi connectivity index (χ0v) is 15.7. The van der Waals surface area contributed by atoms with Crippen molar-refractivity contribution >= 4 is 40.1 Å². The number of hydrogen-bond acceptors (Lipinski definition) is 6. The van der Waals surface area contributed by atoms with Crippen LogP contribution < -0.4 is 20.3 Å². The minimum absolute atomic E-state index is 0.0829. The van der Waals surface area contributed by atoms with Crippen molar-refractivity contribution in [3.05, 3.63) is 24.3 Å². The summed E-state index contributed by atoms with van der Waals surface area (Å²) in [7, 11) is 0. The quantitative estimate of drug-likeness (QED) is 0.587. The third-order valence-electron chi connectivity index (χ3n) is 3.47. The van der Waals surface area contributed by atoms with Gasteiger partial charge in [-0.2, -0.15) is 0 Å². The standard InChI is InChI=1S/C16H21N3O4S2/c1-3-19(4-2)16(24)25-10-14(20)17-18-15(21)13-9-22-11-7-5-6-8-12(11)23-13/h5-8,13H,3-4,9-10H2,1-2H3,(H,17,20)(H,18,21)/t13-/m0/s1. The molecule has 1 aliphatic rings. The van der Waals surface area contributed by atoms with Crippen molar-refractivity contribution < 1.29 is 19.1 Å². The Morgan fingerprint density at radius 2 is 1.92 bits per heavy atom. The lowest BCUT2D eigenvalue weighted by atomic mass is 10.2. The molecular formula is C16H21N3O4S2. The van der Waals surface area contributed by atoms with Crippen LogP contribution in [-0.2, 0) is 9.59 Å². The van der Waals surface area contributed by atoms with Gasteiger partial charge in [0, 0.05) is 13.1 Å². The first-order chi connectivity index (χ1) is 12.0. The number of para-hydroxylation sites is 2. The van der Waals surface area contributed by atoms with Gasteiger partial charge in [-0.1, -0.05) is 36.1 Å². The number of hydrogen-bond donors (Lipinski definition) is 2. The number of benzene rings is 1. The molecule has 0 saturated carbocycles. The van der Waals surface area contributed by atoms with E-state index in [9.17, 15) is 9.59 Å². The Bertz CT molecular complexity index is 638. The normalized spacial score (nSPS) is 15.2. The maximum Gasteiger partial charge on any atom is 0.283 e. The van der Waals surface area contributed by atoms with Crippen molar-refractivity contribution in [2.24, 2.45) is 0 Å². The first kappa shape index (κ1) is 19.3. The van der Waals surface area contributed by atoms with Crippen molar-refractivity contribution in [2.75, 3.05) is 25.4 Å². The zero-order valence-electron chi connectivity index (χ0n) is 14.1. The molecule has 0 aliphatic carbocycles. The first-order valence-electron chi connectivity index (χ1n) is 7.94. The lowest BCUT2D eigenvalue weighted by Crippen LogP contribution is -2.51. The number of amides is 2. The molecule has 25 heavy (non-hydrogen) atoms. The van der Waals surface area contributed by atoms with Gasteiger partial charge in [-0.05, 0) is 26.0 Å². The maximum absolute atomic E-state index is 12.1. The van der Waals surface area contributed by atoms with E-state index in [-0.39, 0.29) is 18.3 Å². The van der Waals surface area contributed by atoms with Crippen molar-refractivity contribution in [1.29, 1.82) is 0 Å². The molecule has 0 saturated heterocycles. The van der Waals surface area contributed by atoms with Gasteiger partial charge in [0.2, 0.25) is 12.0 Å². The number of thiocarbonyl (C=S) groups is 1. The van der Waals surface area contributed by atoms with Crippen LogP contribution in [0.1, 0.15) is 13.8 Å². The Kier molecular flexibility index (Phi) is 7.32. The van der Waals surface area contributed by atoms with Gasteiger partial charge in [-0.3, -0.25) is 20.4 Å². The van der Waals surface area contributed by atoms with Gasteiger partial charge in [0.15, 0.2) is 11.5 Å². The summed E-state index contributed by atoms with van der Waals surface area (Å²) in [5.74, 6) is 0.405. The largest absolute Gasteiger partial charge is 0.485 e. The molecule has 0 unspecified atom stereocenters. The molecule has 0 spiro atoms. The molecule has 1 aliphatic heterocycles. The second-order valence-electron chi connectivity index (χ2n) is 5.13. The zero-order chi connectivity index (χ0) is 18.2. The number of carbonyl (C=O) groups is 2. The highest BCUT2D eigenvalue weighted by Gasteiger charge is 2.27. The molecule has 0 fully saturated rings. The smallest absolute Gasteiger partial charge is 0.283 e. The summed E-state index contributed by atoms with van der Waals surface area (Å²) < 4.78 is 11.7. The van der Waals surface area contributed by atoms with Gasteiger partial charge >= 0.3 is 0 Å². The van der Waals surface area contributed by atoms with Crippen LogP contribution in [0.4, 0.5) is 0 Å². The molecule has 1 atom stereocenters. The van der Waals surface area contributed by atoms with Gasteiger partial charge in [-0.15, -0.1) is 0 Å². The molecule has 2 amide bonds. The van der Waals surface area contributed by atoms with E-state index in [1.165, 1.54) is 11.8 Å². The van der Waals surface area contributed by atoms with Gasteiger partial charge in [-0.25, -0.2) is 0 Å². The molecule has 1 heterocycles. The van der Waals surface area contributed by atoms with Crippen molar-refractivity contribution in [1.82, 2.24) is 15.8 Å². The first-order valence-corrected chi connectivity index (χ1v) is 9.33. The highest BCUT2D eigenvalue weighted by molar-refractivity contribution is 8.23. The number of hydrazine groups is 1. The van der Waals surface area contributed by atoms with Crippen LogP contribution in [0.2, 0.25) is 0 Å². The average Bonchev–Trinajstić information content (AvgIpc) is 2.65. The topological polar surface area (TPSA) is 79.9 Å². The molecule has 136 valence electrons. The van der Waals surface area contributed by atoms with E-state index in [2.05, 4.69) is 10.9 Å². The van der Waals surface area contributed by atoms with Gasteiger partial charge in [0.1, 0.15) is 10.9 Å². The van der Waals surface area contributed by atoms with Gasteiger partial charge in [0.05, 0.1) is 5.75 Å². The Hall–Kier alpha value is -2.00. The summed E-state index contributed by atoms with van der Waals surface area (Å²) in [4.78, 5) is 25.9. The van der Waals surface area contributed by atoms with E-state index in [1.807, 2.05) is 24.8 Å². The Morgan fingerprint density at radius 3 is 2.60 bits per heavy atom. The van der Waals surface area contributed by atoms with Crippen LogP contribution in [-0.4, -0.2) is 52.6 Å². The Morgan fingerprint density at radius 1 is 1.24 bits per heavy atom. The number of rotatable bonds is 5. The van der Waals surface area contributed by atoms with E-state index in [1.54, 1.807) is 18.2 Å². The molecule has 2 N–H and O–H groups in total. The highest BCUT2D eigenvalue weighted by Crippen LogP contribution is 2.30. The van der Waals surface area contributed by atoms with Gasteiger partial charge < -0.3 is 14.4 Å². The number of ether oxygens (including phenoxy) is 2. The summed E-state index contributed by atoms with van der Waals surface area (Å²) in [5.41, 5.74) is 4.71. The molecular weight excluding hydrogens is 362 g/mol. The predicted molar refractivity (Wildman–Crippen MR) is 101 cm³/mol. The number of thioether (sulfide) groups is 1. The van der Waals surface area contributed by atoms with E-state index < -0.39 is 12.0 Å². The minimum atomic E-state index is -0.820. The second-order valence-corrected chi connectivity index (χ2v) is 6.74. The highest BCUT2D eigenvalue weighted by atomic mass is 32.2. The fraction of sp³-hybridized carbons (Fsp3) is 0.438. The lowest BCUT2D eigenvalue weighted by molar-refractivity contribution is -0.134. The second kappa shape index (κ2) is 9.47. The molecule has 7 nitrogen and oxygen atoms in total. The molecule has 2 rings (SSSR count). The van der Waals surface area contributed by atoms with Crippen molar-refractivity contribution in [2.45, 2.75) is 20.0 Å². The Balaban J connectivity index is 1.73. The third kappa shape index (κ3) is 5.50. The Labute approximate surface area is 156 Å². The van der Waals surface area contributed by atoms with Crippen LogP contribution in [0.5, 0.6) is 11.5 Å². The predicted octanol–water partition coefficient (Wildman–Crippen LogP) is 1.33. The summed E-state index contributed by atoms with van der Waals surface area (Å²) in [6, 6.07) is 7.10. The number of carbonyl (C=O) groups excluding carboxylic acids is 2. The fourth-order valence-electron chi connectivity index (χ4n) is 2.10. The molecule has 0 aromatic heterocycles. The molecule has 0 radical (unpaired) electrons. The van der Waals surface area contributed by atoms with Crippen LogP contribution >= 0.6 is 24.0 Å². The molecule has 1 aromatic carbocycles. The third-order valence-corrected chi connectivity index (χ3v) is 5.00. The lowest BCUT2D eigenvalue weighted by Gasteiger charge is -2.25. The van der Waals surface area contributed by atoms with E-state index in [0.29, 0.717) is 15.8 Å². The molecule has 0 bridgehead atoms. The van der Waals surface area contributed by atoms with Crippen molar-refractivity contribution in [3.8, 4) is 11.5 Å². The van der Waals surface area contributed by atoms with Crippen LogP contribution in [0, 0.1) is 0 Å². The minimum Gasteiger partial charge on any atom is -0.485 e. The number of nitrogens with zero attached hydrogens (tertiary/aromatic N) is 1. The summed E-state index contributed by atoms with van der Waals surface area (Å²) in [6.45, 7) is 5.67. The summed E-state index contributed by atoms with van der Waals surface area (Å²) in [6.07, 6.45) is -0.820. The van der Waals surface area contributed by atoms with E-state index in [4.69, 9.17) is 21.7 Å². The van der Waals surface area contributed by atoms with Crippen LogP contribution in [0.15, 0.2) is 24.3 Å². The molecule has 9 heteroatoms. The number of nitrogens with one attached hydrogen (secondary N) is 2. The SMILES string of the molecule is CCN(CC)C(=S)SCC(=O)NNC(=O)[C@@H]1COc2ccccc2O1. The fourth-order valence-corrected chi connectivity index (χ4v) is 3.30. The summed E-state index contributed by atoms with van der Waals surface area (Å²) >= 11 is 6.51. The van der Waals surface area contributed by atoms with E-state index >= 15 is 0 Å². The van der Waals surface area contributed by atoms with Gasteiger partial charge in [0.25, 0.3) is 5.91 Å². The summed E-state index contributed by atoms with van der Waals surface area (Å²) in [5, 5.41) is 0. The maximum atomic E-state index is 12.1. The average molecular weight is 383 g/mol.